The van der Waals surface area contributed by atoms with Gasteiger partial charge in [-0.05, 0) is 17.7 Å². The van der Waals surface area contributed by atoms with E-state index in [0.717, 1.165) is 0 Å². The molecule has 0 aliphatic rings. The first-order valence-electron chi connectivity index (χ1n) is 3.88. The number of rotatable bonds is 3. The Labute approximate surface area is 88.1 Å². The summed E-state index contributed by atoms with van der Waals surface area (Å²) in [4.78, 5) is 0. The van der Waals surface area contributed by atoms with Crippen LogP contribution in [0.3, 0.4) is 0 Å². The molecule has 80 valence electrons. The Hall–Kier alpha value is -0.840. The Bertz CT molecular complexity index is 296. The van der Waals surface area contributed by atoms with Gasteiger partial charge in [0.15, 0.2) is 0 Å². The maximum Gasteiger partial charge on any atom is 0.127 e. The van der Waals surface area contributed by atoms with Crippen LogP contribution in [-0.4, -0.2) is 18.8 Å². The molecule has 0 saturated heterocycles. The second kappa shape index (κ2) is 5.80. The lowest BCUT2D eigenvalue weighted by Gasteiger charge is -2.10. The molecular weight excluding hydrogens is 209 g/mol. The Morgan fingerprint density at radius 2 is 2.14 bits per heavy atom. The molecule has 14 heavy (non-hydrogen) atoms. The van der Waals surface area contributed by atoms with Crippen molar-refractivity contribution in [1.82, 2.24) is 0 Å². The van der Waals surface area contributed by atoms with Gasteiger partial charge in [0, 0.05) is 6.07 Å². The average molecular weight is 222 g/mol. The molecular formula is C9H13ClFNO2. The molecule has 0 saturated carbocycles. The summed E-state index contributed by atoms with van der Waals surface area (Å²) in [5.74, 6) is -0.0165. The maximum atomic E-state index is 12.9. The number of ether oxygens (including phenoxy) is 1. The van der Waals surface area contributed by atoms with Crippen LogP contribution >= 0.6 is 12.4 Å². The zero-order chi connectivity index (χ0) is 9.84. The zero-order valence-electron chi connectivity index (χ0n) is 7.74. The Morgan fingerprint density at radius 1 is 1.50 bits per heavy atom. The van der Waals surface area contributed by atoms with Gasteiger partial charge >= 0.3 is 0 Å². The van der Waals surface area contributed by atoms with E-state index in [1.807, 2.05) is 0 Å². The van der Waals surface area contributed by atoms with Gasteiger partial charge in [0.05, 0.1) is 19.8 Å². The molecule has 0 aromatic heterocycles. The summed E-state index contributed by atoms with van der Waals surface area (Å²) in [6.45, 7) is -0.216. The van der Waals surface area contributed by atoms with Crippen LogP contribution in [0.25, 0.3) is 0 Å². The molecule has 1 rings (SSSR count). The van der Waals surface area contributed by atoms with Gasteiger partial charge in [-0.2, -0.15) is 0 Å². The van der Waals surface area contributed by atoms with Gasteiger partial charge in [0.25, 0.3) is 0 Å². The van der Waals surface area contributed by atoms with Crippen molar-refractivity contribution < 1.29 is 14.2 Å². The van der Waals surface area contributed by atoms with E-state index in [1.165, 1.54) is 19.2 Å². The fourth-order valence-corrected chi connectivity index (χ4v) is 1.02. The molecule has 1 aromatic carbocycles. The minimum atomic E-state index is -0.565. The predicted octanol–water partition coefficient (Wildman–Crippen LogP) is 1.25. The number of methoxy groups -OCH3 is 1. The number of aliphatic hydroxyl groups is 1. The summed E-state index contributed by atoms with van der Waals surface area (Å²) in [6, 6.07) is 3.57. The SMILES string of the molecule is COc1cc(F)cc([C@@H](N)CO)c1.Cl. The molecule has 0 amide bonds. The van der Waals surface area contributed by atoms with Crippen molar-refractivity contribution in [1.29, 1.82) is 0 Å². The van der Waals surface area contributed by atoms with Crippen LogP contribution in [0.4, 0.5) is 4.39 Å². The van der Waals surface area contributed by atoms with E-state index >= 15 is 0 Å². The number of hydrogen-bond acceptors (Lipinski definition) is 3. The van der Waals surface area contributed by atoms with Crippen LogP contribution in [0.1, 0.15) is 11.6 Å². The summed E-state index contributed by atoms with van der Waals surface area (Å²) in [5, 5.41) is 8.75. The molecule has 0 aliphatic carbocycles. The number of nitrogens with two attached hydrogens (primary N) is 1. The average Bonchev–Trinajstić information content (AvgIpc) is 2.15. The van der Waals surface area contributed by atoms with Crippen LogP contribution < -0.4 is 10.5 Å². The lowest BCUT2D eigenvalue weighted by molar-refractivity contribution is 0.267. The van der Waals surface area contributed by atoms with Gasteiger partial charge in [-0.25, -0.2) is 4.39 Å². The van der Waals surface area contributed by atoms with Crippen molar-refractivity contribution in [3.63, 3.8) is 0 Å². The fourth-order valence-electron chi connectivity index (χ4n) is 1.02. The first kappa shape index (κ1) is 13.2. The van der Waals surface area contributed by atoms with E-state index in [9.17, 15) is 4.39 Å². The maximum absolute atomic E-state index is 12.9. The van der Waals surface area contributed by atoms with E-state index in [0.29, 0.717) is 11.3 Å². The van der Waals surface area contributed by atoms with Crippen LogP contribution in [0.5, 0.6) is 5.75 Å². The highest BCUT2D eigenvalue weighted by molar-refractivity contribution is 5.85. The van der Waals surface area contributed by atoms with Gasteiger partial charge in [0.1, 0.15) is 11.6 Å². The third-order valence-corrected chi connectivity index (χ3v) is 1.75. The number of hydrogen-bond donors (Lipinski definition) is 2. The topological polar surface area (TPSA) is 55.5 Å². The molecule has 3 N–H and O–H groups in total. The molecule has 0 heterocycles. The number of aliphatic hydroxyl groups excluding tert-OH is 1. The van der Waals surface area contributed by atoms with Crippen molar-refractivity contribution >= 4 is 12.4 Å². The summed E-state index contributed by atoms with van der Waals surface area (Å²) < 4.78 is 17.7. The molecule has 0 unspecified atom stereocenters. The molecule has 0 spiro atoms. The molecule has 0 radical (unpaired) electrons. The number of halogens is 2. The minimum Gasteiger partial charge on any atom is -0.497 e. The Morgan fingerprint density at radius 3 is 2.64 bits per heavy atom. The van der Waals surface area contributed by atoms with Crippen LogP contribution in [0.2, 0.25) is 0 Å². The molecule has 3 nitrogen and oxygen atoms in total. The lowest BCUT2D eigenvalue weighted by atomic mass is 10.1. The quantitative estimate of drug-likeness (QED) is 0.808. The molecule has 5 heteroatoms. The molecule has 1 aromatic rings. The normalized spacial score (nSPS) is 11.7. The van der Waals surface area contributed by atoms with Crippen molar-refractivity contribution in [3.05, 3.63) is 29.6 Å². The van der Waals surface area contributed by atoms with E-state index in [-0.39, 0.29) is 19.0 Å². The van der Waals surface area contributed by atoms with Crippen molar-refractivity contribution in [3.8, 4) is 5.75 Å². The van der Waals surface area contributed by atoms with Gasteiger partial charge < -0.3 is 15.6 Å². The van der Waals surface area contributed by atoms with E-state index in [1.54, 1.807) is 6.07 Å². The largest absolute Gasteiger partial charge is 0.497 e. The van der Waals surface area contributed by atoms with Crippen LogP contribution in [0.15, 0.2) is 18.2 Å². The molecule has 0 aliphatic heterocycles. The fraction of sp³-hybridized carbons (Fsp3) is 0.333. The Kier molecular flexibility index (Phi) is 5.45. The van der Waals surface area contributed by atoms with E-state index in [2.05, 4.69) is 0 Å². The lowest BCUT2D eigenvalue weighted by Crippen LogP contribution is -2.14. The second-order valence-corrected chi connectivity index (χ2v) is 2.71. The summed E-state index contributed by atoms with van der Waals surface area (Å²) in [5.41, 5.74) is 6.04. The highest BCUT2D eigenvalue weighted by Crippen LogP contribution is 2.19. The molecule has 1 atom stereocenters. The predicted molar refractivity (Wildman–Crippen MR) is 54.2 cm³/mol. The first-order valence-corrected chi connectivity index (χ1v) is 3.88. The van der Waals surface area contributed by atoms with Gasteiger partial charge in [-0.3, -0.25) is 0 Å². The summed E-state index contributed by atoms with van der Waals surface area (Å²) in [6.07, 6.45) is 0. The smallest absolute Gasteiger partial charge is 0.127 e. The van der Waals surface area contributed by atoms with Gasteiger partial charge in [-0.15, -0.1) is 12.4 Å². The Balaban J connectivity index is 0.00000169. The minimum absolute atomic E-state index is 0. The first-order chi connectivity index (χ1) is 6.17. The highest BCUT2D eigenvalue weighted by atomic mass is 35.5. The molecule has 0 fully saturated rings. The monoisotopic (exact) mass is 221 g/mol. The summed E-state index contributed by atoms with van der Waals surface area (Å²) in [7, 11) is 1.45. The highest BCUT2D eigenvalue weighted by Gasteiger charge is 2.07. The van der Waals surface area contributed by atoms with E-state index in [4.69, 9.17) is 15.6 Å². The zero-order valence-corrected chi connectivity index (χ0v) is 8.55. The van der Waals surface area contributed by atoms with Gasteiger partial charge in [0.2, 0.25) is 0 Å². The second-order valence-electron chi connectivity index (χ2n) is 2.71. The summed E-state index contributed by atoms with van der Waals surface area (Å²) >= 11 is 0. The third kappa shape index (κ3) is 3.14. The van der Waals surface area contributed by atoms with Crippen molar-refractivity contribution in [2.24, 2.45) is 5.73 Å². The standard InChI is InChI=1S/C9H12FNO2.ClH/c1-13-8-3-6(9(11)5-12)2-7(10)4-8;/h2-4,9,12H,5,11H2,1H3;1H/t9-;/m0./s1. The van der Waals surface area contributed by atoms with E-state index < -0.39 is 11.9 Å². The van der Waals surface area contributed by atoms with Gasteiger partial charge in [-0.1, -0.05) is 0 Å². The number of benzene rings is 1. The van der Waals surface area contributed by atoms with Crippen molar-refractivity contribution in [2.75, 3.05) is 13.7 Å². The van der Waals surface area contributed by atoms with Crippen LogP contribution in [0, 0.1) is 5.82 Å². The van der Waals surface area contributed by atoms with Crippen molar-refractivity contribution in [2.45, 2.75) is 6.04 Å². The van der Waals surface area contributed by atoms with Crippen LogP contribution in [-0.2, 0) is 0 Å². The third-order valence-electron chi connectivity index (χ3n) is 1.75. The molecule has 0 bridgehead atoms.